The van der Waals surface area contributed by atoms with Crippen LogP contribution in [-0.4, -0.2) is 21.0 Å². The molecule has 0 aliphatic carbocycles. The normalized spacial score (nSPS) is 15.4. The second-order valence-electron chi connectivity index (χ2n) is 3.82. The monoisotopic (exact) mass is 196 g/mol. The van der Waals surface area contributed by atoms with Crippen molar-refractivity contribution >= 4 is 0 Å². The van der Waals surface area contributed by atoms with Crippen molar-refractivity contribution in [2.24, 2.45) is 5.92 Å². The maximum Gasteiger partial charge on any atom is 0.0543 e. The highest BCUT2D eigenvalue weighted by Crippen LogP contribution is 2.15. The molecule has 14 heavy (non-hydrogen) atoms. The molecule has 0 fully saturated rings. The van der Waals surface area contributed by atoms with E-state index in [0.717, 1.165) is 19.4 Å². The number of rotatable bonds is 5. The minimum Gasteiger partial charge on any atom is -0.393 e. The van der Waals surface area contributed by atoms with Gasteiger partial charge in [0, 0.05) is 12.7 Å². The van der Waals surface area contributed by atoms with Crippen molar-refractivity contribution in [1.29, 1.82) is 0 Å². The molecule has 0 radical (unpaired) electrons. The smallest absolute Gasteiger partial charge is 0.0543 e. The highest BCUT2D eigenvalue weighted by molar-refractivity contribution is 5.05. The molecule has 0 saturated carbocycles. The summed E-state index contributed by atoms with van der Waals surface area (Å²) >= 11 is 0. The molecule has 2 atom stereocenters. The van der Waals surface area contributed by atoms with Crippen molar-refractivity contribution in [3.05, 3.63) is 18.0 Å². The Morgan fingerprint density at radius 1 is 1.50 bits per heavy atom. The molecule has 3 heteroatoms. The van der Waals surface area contributed by atoms with E-state index < -0.39 is 0 Å². The molecule has 1 N–H and O–H groups in total. The average molecular weight is 196 g/mol. The quantitative estimate of drug-likeness (QED) is 0.780. The molecule has 0 spiro atoms. The first-order valence-electron chi connectivity index (χ1n) is 5.36. The maximum atomic E-state index is 9.51. The van der Waals surface area contributed by atoms with Crippen LogP contribution in [0.5, 0.6) is 0 Å². The summed E-state index contributed by atoms with van der Waals surface area (Å²) in [6, 6.07) is 0. The van der Waals surface area contributed by atoms with Crippen LogP contribution in [0.1, 0.15) is 32.8 Å². The van der Waals surface area contributed by atoms with Crippen molar-refractivity contribution in [3.8, 4) is 0 Å². The first-order valence-corrected chi connectivity index (χ1v) is 5.36. The van der Waals surface area contributed by atoms with E-state index in [4.69, 9.17) is 0 Å². The number of aromatic nitrogens is 2. The van der Waals surface area contributed by atoms with Crippen LogP contribution in [0.3, 0.4) is 0 Å². The zero-order valence-electron chi connectivity index (χ0n) is 9.27. The third kappa shape index (κ3) is 2.84. The number of hydrogen-bond acceptors (Lipinski definition) is 2. The second kappa shape index (κ2) is 5.15. The molecule has 2 unspecified atom stereocenters. The van der Waals surface area contributed by atoms with Crippen molar-refractivity contribution in [3.63, 3.8) is 0 Å². The number of aliphatic hydroxyl groups is 1. The molecule has 0 aliphatic rings. The Balaban J connectivity index is 2.57. The zero-order valence-corrected chi connectivity index (χ0v) is 9.27. The van der Waals surface area contributed by atoms with Gasteiger partial charge in [0.25, 0.3) is 0 Å². The van der Waals surface area contributed by atoms with Crippen molar-refractivity contribution in [1.82, 2.24) is 9.78 Å². The van der Waals surface area contributed by atoms with Gasteiger partial charge in [0.2, 0.25) is 0 Å². The third-order valence-corrected chi connectivity index (χ3v) is 2.72. The molecule has 0 saturated heterocycles. The predicted octanol–water partition coefficient (Wildman–Crippen LogP) is 1.85. The van der Waals surface area contributed by atoms with Gasteiger partial charge in [0.15, 0.2) is 0 Å². The van der Waals surface area contributed by atoms with Crippen LogP contribution >= 0.6 is 0 Å². The van der Waals surface area contributed by atoms with Gasteiger partial charge in [-0.25, -0.2) is 0 Å². The van der Waals surface area contributed by atoms with Gasteiger partial charge in [-0.1, -0.05) is 13.3 Å². The molecule has 1 aromatic heterocycles. The van der Waals surface area contributed by atoms with Crippen molar-refractivity contribution < 1.29 is 5.11 Å². The van der Waals surface area contributed by atoms with E-state index in [-0.39, 0.29) is 6.10 Å². The first kappa shape index (κ1) is 11.2. The number of hydrogen-bond donors (Lipinski definition) is 1. The van der Waals surface area contributed by atoms with Crippen LogP contribution < -0.4 is 0 Å². The second-order valence-corrected chi connectivity index (χ2v) is 3.82. The van der Waals surface area contributed by atoms with Crippen molar-refractivity contribution in [2.45, 2.75) is 46.3 Å². The Morgan fingerprint density at radius 2 is 2.21 bits per heavy atom. The molecule has 3 nitrogen and oxygen atoms in total. The van der Waals surface area contributed by atoms with Gasteiger partial charge in [0.1, 0.15) is 0 Å². The molecular formula is C11H20N2O. The van der Waals surface area contributed by atoms with E-state index in [2.05, 4.69) is 25.1 Å². The minimum atomic E-state index is -0.232. The summed E-state index contributed by atoms with van der Waals surface area (Å²) in [4.78, 5) is 0. The van der Waals surface area contributed by atoms with Crippen LogP contribution in [0.15, 0.2) is 12.4 Å². The lowest BCUT2D eigenvalue weighted by atomic mass is 9.94. The third-order valence-electron chi connectivity index (χ3n) is 2.72. The van der Waals surface area contributed by atoms with Gasteiger partial charge in [0.05, 0.1) is 12.3 Å². The topological polar surface area (TPSA) is 38.0 Å². The van der Waals surface area contributed by atoms with Crippen LogP contribution in [-0.2, 0) is 13.0 Å². The summed E-state index contributed by atoms with van der Waals surface area (Å²) in [5.74, 6) is 0.351. The van der Waals surface area contributed by atoms with Gasteiger partial charge in [-0.15, -0.1) is 0 Å². The molecule has 0 aromatic carbocycles. The lowest BCUT2D eigenvalue weighted by Gasteiger charge is -2.16. The Hall–Kier alpha value is -0.830. The largest absolute Gasteiger partial charge is 0.393 e. The lowest BCUT2D eigenvalue weighted by molar-refractivity contribution is 0.123. The minimum absolute atomic E-state index is 0.232. The van der Waals surface area contributed by atoms with E-state index in [1.54, 1.807) is 0 Å². The van der Waals surface area contributed by atoms with Gasteiger partial charge < -0.3 is 5.11 Å². The average Bonchev–Trinajstić information content (AvgIpc) is 2.61. The first-order chi connectivity index (χ1) is 6.67. The summed E-state index contributed by atoms with van der Waals surface area (Å²) < 4.78 is 1.92. The predicted molar refractivity (Wildman–Crippen MR) is 57.1 cm³/mol. The van der Waals surface area contributed by atoms with E-state index in [0.29, 0.717) is 5.92 Å². The van der Waals surface area contributed by atoms with Crippen LogP contribution in [0, 0.1) is 5.92 Å². The van der Waals surface area contributed by atoms with Gasteiger partial charge in [-0.2, -0.15) is 5.10 Å². The van der Waals surface area contributed by atoms with E-state index in [9.17, 15) is 5.11 Å². The number of nitrogens with zero attached hydrogens (tertiary/aromatic N) is 2. The molecule has 0 aliphatic heterocycles. The summed E-state index contributed by atoms with van der Waals surface area (Å²) in [7, 11) is 0. The molecule has 1 rings (SSSR count). The zero-order chi connectivity index (χ0) is 10.6. The van der Waals surface area contributed by atoms with Crippen LogP contribution in [0.25, 0.3) is 0 Å². The summed E-state index contributed by atoms with van der Waals surface area (Å²) in [5.41, 5.74) is 1.22. The van der Waals surface area contributed by atoms with Crippen LogP contribution in [0.2, 0.25) is 0 Å². The number of aryl methyl sites for hydroxylation is 1. The van der Waals surface area contributed by atoms with E-state index in [1.807, 2.05) is 17.8 Å². The molecule has 0 amide bonds. The highest BCUT2D eigenvalue weighted by Gasteiger charge is 2.13. The van der Waals surface area contributed by atoms with E-state index >= 15 is 0 Å². The Bertz CT molecular complexity index is 268. The van der Waals surface area contributed by atoms with E-state index in [1.165, 1.54) is 5.56 Å². The molecule has 0 bridgehead atoms. The molecule has 1 aromatic rings. The Morgan fingerprint density at radius 3 is 2.64 bits per heavy atom. The molecule has 1 heterocycles. The maximum absolute atomic E-state index is 9.51. The van der Waals surface area contributed by atoms with Crippen molar-refractivity contribution in [2.75, 3.05) is 0 Å². The SMILES string of the molecule is CCC(Cc1cnn(CC)c1)C(C)O. The highest BCUT2D eigenvalue weighted by atomic mass is 16.3. The molecule has 80 valence electrons. The summed E-state index contributed by atoms with van der Waals surface area (Å²) in [6.45, 7) is 6.95. The lowest BCUT2D eigenvalue weighted by Crippen LogP contribution is -2.18. The Labute approximate surface area is 85.8 Å². The fourth-order valence-corrected chi connectivity index (χ4v) is 1.64. The van der Waals surface area contributed by atoms with Crippen LogP contribution in [0.4, 0.5) is 0 Å². The summed E-state index contributed by atoms with van der Waals surface area (Å²) in [6.07, 6.45) is 5.66. The fourth-order valence-electron chi connectivity index (χ4n) is 1.64. The summed E-state index contributed by atoms with van der Waals surface area (Å²) in [5, 5.41) is 13.7. The fraction of sp³-hybridized carbons (Fsp3) is 0.727. The van der Waals surface area contributed by atoms with Gasteiger partial charge in [-0.05, 0) is 31.7 Å². The Kier molecular flexibility index (Phi) is 4.14. The molecular weight excluding hydrogens is 176 g/mol. The number of aliphatic hydroxyl groups excluding tert-OH is 1. The van der Waals surface area contributed by atoms with Gasteiger partial charge >= 0.3 is 0 Å². The van der Waals surface area contributed by atoms with Gasteiger partial charge in [-0.3, -0.25) is 4.68 Å². The standard InChI is InChI=1S/C11H20N2O/c1-4-11(9(3)14)6-10-7-12-13(5-2)8-10/h7-9,11,14H,4-6H2,1-3H3.